The van der Waals surface area contributed by atoms with Gasteiger partial charge < -0.3 is 20.5 Å². The van der Waals surface area contributed by atoms with Gasteiger partial charge in [0.15, 0.2) is 5.82 Å². The van der Waals surface area contributed by atoms with Crippen molar-refractivity contribution in [2.45, 2.75) is 51.0 Å². The van der Waals surface area contributed by atoms with E-state index in [2.05, 4.69) is 26.9 Å². The van der Waals surface area contributed by atoms with Crippen LogP contribution in [-0.2, 0) is 4.79 Å². The van der Waals surface area contributed by atoms with Crippen LogP contribution in [0.4, 0.5) is 14.6 Å². The number of carbonyl (C=O) groups excluding carboxylic acids is 1. The number of hydrogen-bond acceptors (Lipinski definition) is 9. The highest BCUT2D eigenvalue weighted by Gasteiger charge is 2.45. The van der Waals surface area contributed by atoms with Gasteiger partial charge >= 0.3 is 6.01 Å². The maximum absolute atomic E-state index is 17.0. The Kier molecular flexibility index (Phi) is 8.53. The maximum atomic E-state index is 17.0. The number of nitrogens with two attached hydrogens (primary N) is 1. The van der Waals surface area contributed by atoms with Gasteiger partial charge in [-0.05, 0) is 88.2 Å². The first-order chi connectivity index (χ1) is 24.1. The van der Waals surface area contributed by atoms with E-state index in [1.807, 2.05) is 11.8 Å². The Morgan fingerprint density at radius 2 is 1.94 bits per heavy atom. The van der Waals surface area contributed by atoms with E-state index in [1.54, 1.807) is 6.08 Å². The SMILES string of the molecule is C#Cc1c(F)ccc2cc(O)cc(-c3ncc4c(N5CCC[C@](C)(C#N)[C@@H](C=CC(N)=O)C5)nc(OCC56CCCN5CCC6)nc4c3F)c12. The molecule has 2 aromatic carbocycles. The first-order valence-electron chi connectivity index (χ1n) is 16.9. The number of fused-ring (bicyclic) bond motifs is 3. The first-order valence-corrected chi connectivity index (χ1v) is 16.9. The number of nitriles is 1. The zero-order valence-corrected chi connectivity index (χ0v) is 27.8. The van der Waals surface area contributed by atoms with E-state index in [4.69, 9.17) is 21.9 Å². The smallest absolute Gasteiger partial charge is 0.319 e. The molecule has 1 amide bonds. The molecule has 10 nitrogen and oxygen atoms in total. The van der Waals surface area contributed by atoms with E-state index in [0.29, 0.717) is 42.6 Å². The summed E-state index contributed by atoms with van der Waals surface area (Å²) in [5, 5.41) is 21.7. The number of aromatic nitrogens is 3. The number of phenolic OH excluding ortho intramolecular Hbond substituents is 1. The molecule has 0 saturated carbocycles. The molecule has 0 aliphatic carbocycles. The van der Waals surface area contributed by atoms with E-state index in [9.17, 15) is 19.6 Å². The fourth-order valence-electron chi connectivity index (χ4n) is 8.10. The highest BCUT2D eigenvalue weighted by molar-refractivity contribution is 6.03. The third-order valence-corrected chi connectivity index (χ3v) is 10.8. The summed E-state index contributed by atoms with van der Waals surface area (Å²) in [6.45, 7) is 4.96. The molecule has 0 spiro atoms. The number of phenols is 1. The zero-order chi connectivity index (χ0) is 35.2. The lowest BCUT2D eigenvalue weighted by molar-refractivity contribution is -0.113. The first kappa shape index (κ1) is 33.2. The molecule has 0 bridgehead atoms. The van der Waals surface area contributed by atoms with Gasteiger partial charge in [-0.1, -0.05) is 18.1 Å². The fraction of sp³-hybridized carbons (Fsp3) is 0.395. The fourth-order valence-corrected chi connectivity index (χ4v) is 8.10. The molecule has 3 saturated heterocycles. The lowest BCUT2D eigenvalue weighted by Crippen LogP contribution is -2.43. The minimum atomic E-state index is -0.821. The van der Waals surface area contributed by atoms with Crippen molar-refractivity contribution in [1.82, 2.24) is 19.9 Å². The van der Waals surface area contributed by atoms with Crippen LogP contribution < -0.4 is 15.4 Å². The topological polar surface area (TPSA) is 141 Å². The number of primary amides is 1. The van der Waals surface area contributed by atoms with Crippen molar-refractivity contribution in [3.8, 4) is 41.4 Å². The van der Waals surface area contributed by atoms with Gasteiger partial charge in [-0.25, -0.2) is 8.78 Å². The summed E-state index contributed by atoms with van der Waals surface area (Å²) in [5.41, 5.74) is 4.28. The molecule has 50 heavy (non-hydrogen) atoms. The number of anilines is 1. The van der Waals surface area contributed by atoms with Crippen molar-refractivity contribution >= 4 is 33.4 Å². The number of halogens is 2. The Balaban J connectivity index is 1.39. The van der Waals surface area contributed by atoms with E-state index < -0.39 is 28.9 Å². The Bertz CT molecular complexity index is 2130. The van der Waals surface area contributed by atoms with Gasteiger partial charge in [0, 0.05) is 36.2 Å². The van der Waals surface area contributed by atoms with Gasteiger partial charge in [-0.3, -0.25) is 14.7 Å². The second kappa shape index (κ2) is 12.8. The highest BCUT2D eigenvalue weighted by atomic mass is 19.1. The van der Waals surface area contributed by atoms with Gasteiger partial charge in [0.05, 0.1) is 28.0 Å². The molecular formula is C38H37F2N7O3. The Labute approximate surface area is 288 Å². The number of nitrogens with zero attached hydrogens (tertiary/aromatic N) is 6. The van der Waals surface area contributed by atoms with Gasteiger partial charge in [0.25, 0.3) is 0 Å². The lowest BCUT2D eigenvalue weighted by atomic mass is 9.75. The van der Waals surface area contributed by atoms with Crippen LogP contribution in [0.15, 0.2) is 42.6 Å². The zero-order valence-electron chi connectivity index (χ0n) is 27.8. The summed E-state index contributed by atoms with van der Waals surface area (Å²) in [6.07, 6.45) is 15.4. The second-order valence-corrected chi connectivity index (χ2v) is 13.8. The molecule has 4 aromatic rings. The molecular weight excluding hydrogens is 640 g/mol. The number of hydrogen-bond donors (Lipinski definition) is 2. The molecule has 256 valence electrons. The molecule has 0 radical (unpaired) electrons. The van der Waals surface area contributed by atoms with Gasteiger partial charge in [0.2, 0.25) is 5.91 Å². The van der Waals surface area contributed by atoms with Crippen molar-refractivity contribution in [3.63, 3.8) is 0 Å². The molecule has 2 aromatic heterocycles. The number of terminal acetylenes is 1. The van der Waals surface area contributed by atoms with Crippen molar-refractivity contribution in [2.75, 3.05) is 37.7 Å². The third-order valence-electron chi connectivity index (χ3n) is 10.8. The van der Waals surface area contributed by atoms with Crippen molar-refractivity contribution in [1.29, 1.82) is 5.26 Å². The van der Waals surface area contributed by atoms with E-state index in [1.165, 1.54) is 36.5 Å². The van der Waals surface area contributed by atoms with Gasteiger partial charge in [-0.2, -0.15) is 15.2 Å². The van der Waals surface area contributed by atoms with Crippen LogP contribution in [0.5, 0.6) is 11.8 Å². The van der Waals surface area contributed by atoms with Gasteiger partial charge in [0.1, 0.15) is 35.2 Å². The molecule has 7 rings (SSSR count). The summed E-state index contributed by atoms with van der Waals surface area (Å²) in [7, 11) is 0. The Hall–Kier alpha value is -5.33. The largest absolute Gasteiger partial charge is 0.508 e. The van der Waals surface area contributed by atoms with Crippen molar-refractivity contribution in [2.24, 2.45) is 17.1 Å². The van der Waals surface area contributed by atoms with Gasteiger partial charge in [-0.15, -0.1) is 6.42 Å². The number of carbonyl (C=O) groups is 1. The highest BCUT2D eigenvalue weighted by Crippen LogP contribution is 2.42. The average Bonchev–Trinajstić information content (AvgIpc) is 3.64. The monoisotopic (exact) mass is 677 g/mol. The Morgan fingerprint density at radius 3 is 2.66 bits per heavy atom. The third kappa shape index (κ3) is 5.73. The second-order valence-electron chi connectivity index (χ2n) is 13.8. The maximum Gasteiger partial charge on any atom is 0.319 e. The van der Waals surface area contributed by atoms with E-state index >= 15 is 4.39 Å². The average molecular weight is 678 g/mol. The normalized spacial score (nSPS) is 22.0. The van der Waals surface area contributed by atoms with Crippen LogP contribution >= 0.6 is 0 Å². The quantitative estimate of drug-likeness (QED) is 0.189. The van der Waals surface area contributed by atoms with Crippen LogP contribution in [-0.4, -0.2) is 69.2 Å². The minimum Gasteiger partial charge on any atom is -0.508 e. The molecule has 12 heteroatoms. The number of amides is 1. The number of aromatic hydroxyl groups is 1. The molecule has 3 aliphatic rings. The predicted molar refractivity (Wildman–Crippen MR) is 185 cm³/mol. The standard InChI is InChI=1S/C38H37F2N7O3/c1-3-26-29(39)9-7-23-17-25(48)18-27(31(23)26)33-32(40)34-28(19-43-33)35(45-36(44-34)50-22-38-12-5-15-47(38)16-6-13-38)46-14-4-11-37(2,21-41)24(20-46)8-10-30(42)49/h1,7-10,17-19,24,48H,4-6,11-16,20,22H2,2H3,(H2,42,49)/t24-,37+/m0/s1. The van der Waals surface area contributed by atoms with E-state index in [0.717, 1.165) is 38.8 Å². The molecule has 0 unspecified atom stereocenters. The number of pyridine rings is 1. The van der Waals surface area contributed by atoms with E-state index in [-0.39, 0.29) is 51.6 Å². The van der Waals surface area contributed by atoms with Crippen LogP contribution in [0, 0.1) is 46.6 Å². The molecule has 5 heterocycles. The summed E-state index contributed by atoms with van der Waals surface area (Å²) in [4.78, 5) is 30.0. The summed E-state index contributed by atoms with van der Waals surface area (Å²) in [5.74, 6) is 0.0459. The number of ether oxygens (including phenoxy) is 1. The molecule has 2 atom stereocenters. The predicted octanol–water partition coefficient (Wildman–Crippen LogP) is 5.61. The van der Waals surface area contributed by atoms with Crippen LogP contribution in [0.3, 0.4) is 0 Å². The van der Waals surface area contributed by atoms with Crippen molar-refractivity contribution < 1.29 is 23.4 Å². The Morgan fingerprint density at radius 1 is 1.18 bits per heavy atom. The molecule has 3 fully saturated rings. The lowest BCUT2D eigenvalue weighted by Gasteiger charge is -2.32. The molecule has 3 N–H and O–H groups in total. The summed E-state index contributed by atoms with van der Waals surface area (Å²) < 4.78 is 38.3. The van der Waals surface area contributed by atoms with Crippen LogP contribution in [0.1, 0.15) is 51.0 Å². The summed E-state index contributed by atoms with van der Waals surface area (Å²) >= 11 is 0. The number of rotatable bonds is 7. The summed E-state index contributed by atoms with van der Waals surface area (Å²) in [6, 6.07) is 7.82. The van der Waals surface area contributed by atoms with Crippen LogP contribution in [0.2, 0.25) is 0 Å². The molecule has 3 aliphatic heterocycles. The number of benzene rings is 2. The minimum absolute atomic E-state index is 0.00989. The van der Waals surface area contributed by atoms with Crippen molar-refractivity contribution in [3.05, 3.63) is 59.8 Å². The van der Waals surface area contributed by atoms with Crippen LogP contribution in [0.25, 0.3) is 32.9 Å².